The first kappa shape index (κ1) is 23.4. The molecule has 0 fully saturated rings. The van der Waals surface area contributed by atoms with Gasteiger partial charge in [-0.1, -0.05) is 30.3 Å². The number of hydrogen-bond acceptors (Lipinski definition) is 3. The first-order valence-corrected chi connectivity index (χ1v) is 11.5. The van der Waals surface area contributed by atoms with E-state index in [1.165, 1.54) is 0 Å². The maximum Gasteiger partial charge on any atom is 0.314 e. The molecule has 0 saturated carbocycles. The fourth-order valence-electron chi connectivity index (χ4n) is 2.77. The van der Waals surface area contributed by atoms with E-state index in [9.17, 15) is 4.79 Å². The third-order valence-electron chi connectivity index (χ3n) is 3.80. The van der Waals surface area contributed by atoms with Crippen LogP contribution in [0.25, 0.3) is 0 Å². The summed E-state index contributed by atoms with van der Waals surface area (Å²) in [5, 5.41) is 0. The van der Waals surface area contributed by atoms with E-state index in [1.54, 1.807) is 0 Å². The van der Waals surface area contributed by atoms with Gasteiger partial charge in [0.15, 0.2) is 0 Å². The number of halogens is 2. The van der Waals surface area contributed by atoms with Crippen LogP contribution in [0.5, 0.6) is 5.75 Å². The maximum absolute atomic E-state index is 12.9. The van der Waals surface area contributed by atoms with Crippen LogP contribution in [0.3, 0.4) is 0 Å². The van der Waals surface area contributed by atoms with Gasteiger partial charge in [-0.15, -0.1) is 0 Å². The van der Waals surface area contributed by atoms with Crippen LogP contribution in [-0.2, 0) is 16.0 Å². The zero-order valence-corrected chi connectivity index (χ0v) is 21.6. The van der Waals surface area contributed by atoms with Gasteiger partial charge >= 0.3 is 5.97 Å². The number of ether oxygens (including phenoxy) is 2. The molecular weight excluding hydrogens is 578 g/mol. The molecule has 0 bridgehead atoms. The van der Waals surface area contributed by atoms with Crippen molar-refractivity contribution in [3.63, 3.8) is 0 Å². The minimum absolute atomic E-state index is 0.196. The lowest BCUT2D eigenvalue weighted by Crippen LogP contribution is -2.28. The van der Waals surface area contributed by atoms with E-state index >= 15 is 0 Å². The summed E-state index contributed by atoms with van der Waals surface area (Å²) in [6.45, 7) is 11.8. The predicted molar refractivity (Wildman–Crippen MR) is 131 cm³/mol. The van der Waals surface area contributed by atoms with Gasteiger partial charge < -0.3 is 9.47 Å². The zero-order chi connectivity index (χ0) is 21.1. The molecule has 28 heavy (non-hydrogen) atoms. The highest BCUT2D eigenvalue weighted by molar-refractivity contribution is 14.1. The number of esters is 1. The molecule has 0 aromatic heterocycles. The molecule has 0 radical (unpaired) electrons. The summed E-state index contributed by atoms with van der Waals surface area (Å²) in [5.41, 5.74) is 1.29. The van der Waals surface area contributed by atoms with E-state index < -0.39 is 5.60 Å². The van der Waals surface area contributed by atoms with E-state index in [1.807, 2.05) is 71.9 Å². The smallest absolute Gasteiger partial charge is 0.314 e. The third-order valence-corrected chi connectivity index (χ3v) is 5.40. The lowest BCUT2D eigenvalue weighted by molar-refractivity contribution is -0.156. The molecule has 1 unspecified atom stereocenters. The molecule has 0 spiro atoms. The average molecular weight is 606 g/mol. The number of rotatable bonds is 5. The number of carbonyl (C=O) groups excluding carboxylic acids is 1. The highest BCUT2D eigenvalue weighted by Gasteiger charge is 2.27. The molecular formula is C23H28I2O3. The predicted octanol–water partition coefficient (Wildman–Crippen LogP) is 6.74. The van der Waals surface area contributed by atoms with E-state index in [2.05, 4.69) is 57.3 Å². The second-order valence-corrected chi connectivity index (χ2v) is 11.1. The van der Waals surface area contributed by atoms with Gasteiger partial charge in [0, 0.05) is 0 Å². The zero-order valence-electron chi connectivity index (χ0n) is 17.3. The highest BCUT2D eigenvalue weighted by Crippen LogP contribution is 2.34. The van der Waals surface area contributed by atoms with Crippen molar-refractivity contribution in [3.05, 3.63) is 60.7 Å². The highest BCUT2D eigenvalue weighted by atomic mass is 127. The van der Waals surface area contributed by atoms with E-state index in [0.717, 1.165) is 24.0 Å². The molecule has 0 saturated heterocycles. The summed E-state index contributed by atoms with van der Waals surface area (Å²) >= 11 is 4.61. The Labute approximate surface area is 195 Å². The summed E-state index contributed by atoms with van der Waals surface area (Å²) in [6.07, 6.45) is 0.584. The lowest BCUT2D eigenvalue weighted by atomic mass is 9.91. The Morgan fingerprint density at radius 1 is 0.929 bits per heavy atom. The molecule has 5 heteroatoms. The van der Waals surface area contributed by atoms with Gasteiger partial charge in [0.2, 0.25) is 0 Å². The first-order chi connectivity index (χ1) is 12.9. The van der Waals surface area contributed by atoms with Crippen molar-refractivity contribution in [1.82, 2.24) is 0 Å². The summed E-state index contributed by atoms with van der Waals surface area (Å²) in [4.78, 5) is 12.9. The molecule has 2 rings (SSSR count). The van der Waals surface area contributed by atoms with Gasteiger partial charge in [-0.05, 0) is 116 Å². The largest absolute Gasteiger partial charge is 0.486 e. The minimum Gasteiger partial charge on any atom is -0.486 e. The van der Waals surface area contributed by atoms with Crippen molar-refractivity contribution in [2.75, 3.05) is 0 Å². The number of carbonyl (C=O) groups is 1. The summed E-state index contributed by atoms with van der Waals surface area (Å²) < 4.78 is 13.9. The Kier molecular flexibility index (Phi) is 7.81. The van der Waals surface area contributed by atoms with Gasteiger partial charge in [-0.3, -0.25) is 4.79 Å². The summed E-state index contributed by atoms with van der Waals surface area (Å²) in [5.74, 6) is 0.353. The molecule has 2 aromatic carbocycles. The molecule has 152 valence electrons. The molecule has 2 aromatic rings. The van der Waals surface area contributed by atoms with Gasteiger partial charge in [0.1, 0.15) is 17.0 Å². The van der Waals surface area contributed by atoms with Crippen LogP contribution in [0.2, 0.25) is 0 Å². The normalized spacial score (nSPS) is 13.1. The SMILES string of the molecule is CC(C)(C)OC(=O)C(Cc1cc(I)c(OC(C)(C)C)c(I)c1)c1ccccc1. The van der Waals surface area contributed by atoms with Crippen molar-refractivity contribution >= 4 is 51.2 Å². The Morgan fingerprint density at radius 3 is 1.93 bits per heavy atom. The van der Waals surface area contributed by atoms with E-state index in [4.69, 9.17) is 9.47 Å². The van der Waals surface area contributed by atoms with Crippen LogP contribution >= 0.6 is 45.2 Å². The van der Waals surface area contributed by atoms with Crippen molar-refractivity contribution in [3.8, 4) is 5.75 Å². The van der Waals surface area contributed by atoms with Gasteiger partial charge in [-0.2, -0.15) is 0 Å². The molecule has 0 heterocycles. The van der Waals surface area contributed by atoms with Crippen LogP contribution in [0, 0.1) is 7.14 Å². The maximum atomic E-state index is 12.9. The van der Waals surface area contributed by atoms with Gasteiger partial charge in [0.25, 0.3) is 0 Å². The molecule has 3 nitrogen and oxygen atoms in total. The van der Waals surface area contributed by atoms with Crippen molar-refractivity contribution in [1.29, 1.82) is 0 Å². The monoisotopic (exact) mass is 606 g/mol. The van der Waals surface area contributed by atoms with Crippen molar-refractivity contribution < 1.29 is 14.3 Å². The second-order valence-electron chi connectivity index (χ2n) is 8.80. The molecule has 0 aliphatic heterocycles. The summed E-state index contributed by atoms with van der Waals surface area (Å²) in [7, 11) is 0. The molecule has 0 aliphatic carbocycles. The lowest BCUT2D eigenvalue weighted by Gasteiger charge is -2.25. The van der Waals surface area contributed by atoms with Crippen LogP contribution < -0.4 is 4.74 Å². The van der Waals surface area contributed by atoms with Crippen molar-refractivity contribution in [2.45, 2.75) is 65.1 Å². The van der Waals surface area contributed by atoms with Crippen molar-refractivity contribution in [2.24, 2.45) is 0 Å². The Morgan fingerprint density at radius 2 is 1.46 bits per heavy atom. The fourth-order valence-corrected chi connectivity index (χ4v) is 4.88. The number of benzene rings is 2. The second kappa shape index (κ2) is 9.32. The Bertz CT molecular complexity index is 795. The third kappa shape index (κ3) is 7.21. The molecule has 1 atom stereocenters. The van der Waals surface area contributed by atoms with E-state index in [0.29, 0.717) is 6.42 Å². The fraction of sp³-hybridized carbons (Fsp3) is 0.435. The Balaban J connectivity index is 2.35. The quantitative estimate of drug-likeness (QED) is 0.280. The van der Waals surface area contributed by atoms with Gasteiger partial charge in [0.05, 0.1) is 13.1 Å². The number of hydrogen-bond donors (Lipinski definition) is 0. The van der Waals surface area contributed by atoms with Crippen LogP contribution in [0.15, 0.2) is 42.5 Å². The van der Waals surface area contributed by atoms with E-state index in [-0.39, 0.29) is 17.5 Å². The van der Waals surface area contributed by atoms with Gasteiger partial charge in [-0.25, -0.2) is 0 Å². The topological polar surface area (TPSA) is 35.5 Å². The Hall–Kier alpha value is -0.830. The standard InChI is InChI=1S/C23H28I2O3/c1-22(2,3)27-20-18(24)13-15(14-19(20)25)12-17(16-10-8-7-9-11-16)21(26)28-23(4,5)6/h7-11,13-14,17H,12H2,1-6H3. The van der Waals surface area contributed by atoms with Crippen LogP contribution in [0.1, 0.15) is 58.6 Å². The van der Waals surface area contributed by atoms with Crippen LogP contribution in [0.4, 0.5) is 0 Å². The summed E-state index contributed by atoms with van der Waals surface area (Å²) in [6, 6.07) is 14.1. The van der Waals surface area contributed by atoms with Crippen LogP contribution in [-0.4, -0.2) is 17.2 Å². The molecule has 0 amide bonds. The average Bonchev–Trinajstić information content (AvgIpc) is 2.54. The minimum atomic E-state index is -0.517. The molecule has 0 aliphatic rings. The first-order valence-electron chi connectivity index (χ1n) is 9.30. The molecule has 0 N–H and O–H groups in total.